The molecule has 0 aliphatic rings. The zero-order chi connectivity index (χ0) is 13.1. The van der Waals surface area contributed by atoms with Gasteiger partial charge in [-0.3, -0.25) is 0 Å². The molecule has 2 atom stereocenters. The number of likely N-dealkylation sites (N-methyl/N-ethyl adjacent to an activating group) is 1. The molecule has 1 rings (SSSR count). The zero-order valence-corrected chi connectivity index (χ0v) is 11.9. The van der Waals surface area contributed by atoms with Gasteiger partial charge >= 0.3 is 0 Å². The third-order valence-corrected chi connectivity index (χ3v) is 2.98. The SMILES string of the molecule is CCC(NC)C(C)c1nc(CC(C)(C)C)no1. The highest BCUT2D eigenvalue weighted by atomic mass is 16.5. The van der Waals surface area contributed by atoms with Crippen LogP contribution in [0.3, 0.4) is 0 Å². The first-order valence-corrected chi connectivity index (χ1v) is 6.37. The number of rotatable bonds is 5. The van der Waals surface area contributed by atoms with Gasteiger partial charge in [-0.1, -0.05) is 39.8 Å². The molecule has 0 aromatic carbocycles. The maximum Gasteiger partial charge on any atom is 0.231 e. The van der Waals surface area contributed by atoms with E-state index in [1.165, 1.54) is 0 Å². The van der Waals surface area contributed by atoms with Crippen LogP contribution in [0.25, 0.3) is 0 Å². The van der Waals surface area contributed by atoms with E-state index >= 15 is 0 Å². The van der Waals surface area contributed by atoms with E-state index in [1.807, 2.05) is 7.05 Å². The molecular weight excluding hydrogens is 214 g/mol. The van der Waals surface area contributed by atoms with Crippen LogP contribution in [-0.2, 0) is 6.42 Å². The van der Waals surface area contributed by atoms with Crippen LogP contribution in [0.4, 0.5) is 0 Å². The fraction of sp³-hybridized carbons (Fsp3) is 0.846. The first kappa shape index (κ1) is 14.2. The Kier molecular flexibility index (Phi) is 4.69. The van der Waals surface area contributed by atoms with Gasteiger partial charge in [-0.15, -0.1) is 0 Å². The Hall–Kier alpha value is -0.900. The number of nitrogens with one attached hydrogen (secondary N) is 1. The van der Waals surface area contributed by atoms with Crippen molar-refractivity contribution in [1.82, 2.24) is 15.5 Å². The smallest absolute Gasteiger partial charge is 0.231 e. The molecule has 0 radical (unpaired) electrons. The Morgan fingerprint density at radius 1 is 1.35 bits per heavy atom. The molecule has 0 aliphatic heterocycles. The second-order valence-corrected chi connectivity index (χ2v) is 5.88. The van der Waals surface area contributed by atoms with Gasteiger partial charge < -0.3 is 9.84 Å². The molecule has 0 bridgehead atoms. The van der Waals surface area contributed by atoms with E-state index in [0.29, 0.717) is 6.04 Å². The van der Waals surface area contributed by atoms with E-state index in [0.717, 1.165) is 24.6 Å². The molecule has 1 aromatic rings. The minimum Gasteiger partial charge on any atom is -0.339 e. The Balaban J connectivity index is 2.73. The first-order chi connectivity index (χ1) is 7.87. The third kappa shape index (κ3) is 4.11. The molecule has 0 fully saturated rings. The van der Waals surface area contributed by atoms with E-state index in [9.17, 15) is 0 Å². The monoisotopic (exact) mass is 239 g/mol. The van der Waals surface area contributed by atoms with Crippen LogP contribution in [-0.4, -0.2) is 23.2 Å². The molecule has 0 saturated heterocycles. The van der Waals surface area contributed by atoms with Crippen molar-refractivity contribution in [3.8, 4) is 0 Å². The van der Waals surface area contributed by atoms with Gasteiger partial charge in [0.1, 0.15) is 0 Å². The molecule has 17 heavy (non-hydrogen) atoms. The largest absolute Gasteiger partial charge is 0.339 e. The molecule has 0 amide bonds. The summed E-state index contributed by atoms with van der Waals surface area (Å²) >= 11 is 0. The molecule has 1 heterocycles. The van der Waals surface area contributed by atoms with E-state index in [1.54, 1.807) is 0 Å². The standard InChI is InChI=1S/C13H25N3O/c1-7-10(14-6)9(2)12-15-11(16-17-12)8-13(3,4)5/h9-10,14H,7-8H2,1-6H3. The highest BCUT2D eigenvalue weighted by molar-refractivity contribution is 4.98. The lowest BCUT2D eigenvalue weighted by molar-refractivity contribution is 0.319. The fourth-order valence-electron chi connectivity index (χ4n) is 1.98. The molecule has 0 saturated carbocycles. The molecule has 0 aliphatic carbocycles. The molecule has 1 aromatic heterocycles. The number of hydrogen-bond acceptors (Lipinski definition) is 4. The molecule has 2 unspecified atom stereocenters. The Morgan fingerprint density at radius 2 is 2.00 bits per heavy atom. The molecule has 4 nitrogen and oxygen atoms in total. The second kappa shape index (κ2) is 5.63. The zero-order valence-electron chi connectivity index (χ0n) is 11.9. The third-order valence-electron chi connectivity index (χ3n) is 2.98. The summed E-state index contributed by atoms with van der Waals surface area (Å²) in [7, 11) is 1.97. The van der Waals surface area contributed by atoms with Gasteiger partial charge in [0.25, 0.3) is 0 Å². The van der Waals surface area contributed by atoms with Gasteiger partial charge in [0.2, 0.25) is 5.89 Å². The molecule has 98 valence electrons. The van der Waals surface area contributed by atoms with E-state index in [2.05, 4.69) is 50.1 Å². The lowest BCUT2D eigenvalue weighted by Crippen LogP contribution is -2.30. The van der Waals surface area contributed by atoms with Crippen molar-refractivity contribution in [2.75, 3.05) is 7.05 Å². The summed E-state index contributed by atoms with van der Waals surface area (Å²) in [5.41, 5.74) is 0.192. The summed E-state index contributed by atoms with van der Waals surface area (Å²) in [4.78, 5) is 4.49. The fourth-order valence-corrected chi connectivity index (χ4v) is 1.98. The molecule has 0 spiro atoms. The number of hydrogen-bond donors (Lipinski definition) is 1. The van der Waals surface area contributed by atoms with Crippen molar-refractivity contribution in [1.29, 1.82) is 0 Å². The topological polar surface area (TPSA) is 51.0 Å². The average Bonchev–Trinajstić information content (AvgIpc) is 2.65. The van der Waals surface area contributed by atoms with E-state index < -0.39 is 0 Å². The van der Waals surface area contributed by atoms with Crippen LogP contribution < -0.4 is 5.32 Å². The predicted molar refractivity (Wildman–Crippen MR) is 69.0 cm³/mol. The van der Waals surface area contributed by atoms with Crippen LogP contribution in [0, 0.1) is 5.41 Å². The lowest BCUT2D eigenvalue weighted by Gasteiger charge is -2.18. The average molecular weight is 239 g/mol. The van der Waals surface area contributed by atoms with Crippen molar-refractivity contribution in [3.63, 3.8) is 0 Å². The van der Waals surface area contributed by atoms with E-state index in [-0.39, 0.29) is 11.3 Å². The van der Waals surface area contributed by atoms with E-state index in [4.69, 9.17) is 4.52 Å². The summed E-state index contributed by atoms with van der Waals surface area (Å²) in [5.74, 6) is 1.81. The summed E-state index contributed by atoms with van der Waals surface area (Å²) < 4.78 is 5.36. The minimum atomic E-state index is 0.192. The van der Waals surface area contributed by atoms with Crippen molar-refractivity contribution in [2.45, 2.75) is 59.4 Å². The van der Waals surface area contributed by atoms with Crippen molar-refractivity contribution < 1.29 is 4.52 Å². The predicted octanol–water partition coefficient (Wildman–Crippen LogP) is 2.76. The van der Waals surface area contributed by atoms with Gasteiger partial charge in [-0.25, -0.2) is 0 Å². The normalized spacial score (nSPS) is 15.9. The Morgan fingerprint density at radius 3 is 2.47 bits per heavy atom. The van der Waals surface area contributed by atoms with Gasteiger partial charge in [0.05, 0.1) is 5.92 Å². The van der Waals surface area contributed by atoms with Crippen molar-refractivity contribution >= 4 is 0 Å². The van der Waals surface area contributed by atoms with Crippen molar-refractivity contribution in [3.05, 3.63) is 11.7 Å². The van der Waals surface area contributed by atoms with Crippen LogP contribution in [0.2, 0.25) is 0 Å². The van der Waals surface area contributed by atoms with Crippen LogP contribution in [0.1, 0.15) is 58.7 Å². The quantitative estimate of drug-likeness (QED) is 0.858. The van der Waals surface area contributed by atoms with Gasteiger partial charge in [-0.05, 0) is 18.9 Å². The highest BCUT2D eigenvalue weighted by Gasteiger charge is 2.23. The summed E-state index contributed by atoms with van der Waals surface area (Å²) in [5, 5.41) is 7.34. The molecule has 4 heteroatoms. The highest BCUT2D eigenvalue weighted by Crippen LogP contribution is 2.22. The Bertz CT molecular complexity index is 337. The van der Waals surface area contributed by atoms with Crippen molar-refractivity contribution in [2.24, 2.45) is 5.41 Å². The summed E-state index contributed by atoms with van der Waals surface area (Å²) in [6.45, 7) is 10.8. The number of nitrogens with zero attached hydrogens (tertiary/aromatic N) is 2. The van der Waals surface area contributed by atoms with Crippen LogP contribution in [0.5, 0.6) is 0 Å². The van der Waals surface area contributed by atoms with Gasteiger partial charge in [0, 0.05) is 12.5 Å². The maximum atomic E-state index is 5.36. The lowest BCUT2D eigenvalue weighted by atomic mass is 9.92. The first-order valence-electron chi connectivity index (χ1n) is 6.37. The number of aromatic nitrogens is 2. The summed E-state index contributed by atoms with van der Waals surface area (Å²) in [6, 6.07) is 0.387. The molecular formula is C13H25N3O. The summed E-state index contributed by atoms with van der Waals surface area (Å²) in [6.07, 6.45) is 1.90. The minimum absolute atomic E-state index is 0.192. The van der Waals surface area contributed by atoms with Crippen LogP contribution in [0.15, 0.2) is 4.52 Å². The maximum absolute atomic E-state index is 5.36. The second-order valence-electron chi connectivity index (χ2n) is 5.88. The van der Waals surface area contributed by atoms with Gasteiger partial charge in [0.15, 0.2) is 5.82 Å². The van der Waals surface area contributed by atoms with Gasteiger partial charge in [-0.2, -0.15) is 4.98 Å². The molecule has 1 N–H and O–H groups in total. The Labute approximate surface area is 104 Å². The van der Waals surface area contributed by atoms with Crippen LogP contribution >= 0.6 is 0 Å².